The Hall–Kier alpha value is -0.630. The fourth-order valence-corrected chi connectivity index (χ4v) is 2.53. The average Bonchev–Trinajstić information content (AvgIpc) is 2.76. The first kappa shape index (κ1) is 13.4. The minimum absolute atomic E-state index is 0.401. The molecular formula is C14H22OS. The molecule has 0 saturated carbocycles. The number of rotatable bonds is 9. The summed E-state index contributed by atoms with van der Waals surface area (Å²) in [7, 11) is 0. The van der Waals surface area contributed by atoms with Gasteiger partial charge in [-0.2, -0.15) is 0 Å². The summed E-state index contributed by atoms with van der Waals surface area (Å²) in [5, 5.41) is 2.04. The van der Waals surface area contributed by atoms with E-state index in [0.29, 0.717) is 12.2 Å². The van der Waals surface area contributed by atoms with E-state index in [9.17, 15) is 4.79 Å². The van der Waals surface area contributed by atoms with Gasteiger partial charge in [0.15, 0.2) is 0 Å². The van der Waals surface area contributed by atoms with Gasteiger partial charge < -0.3 is 0 Å². The number of carbonyl (C=O) groups excluding carboxylic acids is 1. The Balaban J connectivity index is 1.98. The maximum atomic E-state index is 11.6. The van der Waals surface area contributed by atoms with Crippen LogP contribution in [0.15, 0.2) is 17.5 Å². The standard InChI is InChI=1S/C14H22OS/c1-2-3-4-5-6-7-9-13(15)12-14-10-8-11-16-14/h8,10-11H,2-7,9,12H2,1H3. The molecular weight excluding hydrogens is 216 g/mol. The Morgan fingerprint density at radius 3 is 2.62 bits per heavy atom. The van der Waals surface area contributed by atoms with Crippen molar-refractivity contribution in [3.8, 4) is 0 Å². The Morgan fingerprint density at radius 2 is 1.94 bits per heavy atom. The van der Waals surface area contributed by atoms with Crippen LogP contribution in [0.5, 0.6) is 0 Å². The first-order valence-corrected chi connectivity index (χ1v) is 7.25. The fourth-order valence-electron chi connectivity index (χ4n) is 1.80. The molecule has 0 radical (unpaired) electrons. The zero-order valence-corrected chi connectivity index (χ0v) is 11.0. The van der Waals surface area contributed by atoms with Gasteiger partial charge in [-0.15, -0.1) is 11.3 Å². The van der Waals surface area contributed by atoms with Crippen LogP contribution in [0, 0.1) is 0 Å². The molecule has 1 nitrogen and oxygen atoms in total. The van der Waals surface area contributed by atoms with Gasteiger partial charge in [-0.3, -0.25) is 4.79 Å². The lowest BCUT2D eigenvalue weighted by molar-refractivity contribution is -0.118. The number of unbranched alkanes of at least 4 members (excludes halogenated alkanes) is 5. The van der Waals surface area contributed by atoms with Crippen LogP contribution in [0.3, 0.4) is 0 Å². The van der Waals surface area contributed by atoms with Crippen molar-refractivity contribution in [1.29, 1.82) is 0 Å². The van der Waals surface area contributed by atoms with Crippen LogP contribution in [0.2, 0.25) is 0 Å². The second-order valence-electron chi connectivity index (χ2n) is 4.31. The molecule has 0 bridgehead atoms. The van der Waals surface area contributed by atoms with Gasteiger partial charge >= 0.3 is 0 Å². The van der Waals surface area contributed by atoms with Crippen LogP contribution < -0.4 is 0 Å². The van der Waals surface area contributed by atoms with Crippen molar-refractivity contribution in [2.75, 3.05) is 0 Å². The van der Waals surface area contributed by atoms with E-state index in [0.717, 1.165) is 12.8 Å². The maximum absolute atomic E-state index is 11.6. The zero-order chi connectivity index (χ0) is 11.6. The van der Waals surface area contributed by atoms with Crippen LogP contribution in [0.1, 0.15) is 56.7 Å². The third-order valence-corrected chi connectivity index (χ3v) is 3.64. The average molecular weight is 238 g/mol. The first-order valence-electron chi connectivity index (χ1n) is 6.37. The van der Waals surface area contributed by atoms with Crippen LogP contribution in [0.4, 0.5) is 0 Å². The summed E-state index contributed by atoms with van der Waals surface area (Å²) >= 11 is 1.68. The summed E-state index contributed by atoms with van der Waals surface area (Å²) in [6.07, 6.45) is 8.96. The van der Waals surface area contributed by atoms with Crippen LogP contribution in [-0.4, -0.2) is 5.78 Å². The third kappa shape index (κ3) is 6.06. The SMILES string of the molecule is CCCCCCCCC(=O)Cc1cccs1. The van der Waals surface area contributed by atoms with Crippen LogP contribution in [0.25, 0.3) is 0 Å². The molecule has 0 aliphatic carbocycles. The highest BCUT2D eigenvalue weighted by Gasteiger charge is 2.03. The van der Waals surface area contributed by atoms with E-state index in [1.807, 2.05) is 17.5 Å². The number of ketones is 1. The third-order valence-electron chi connectivity index (χ3n) is 2.76. The lowest BCUT2D eigenvalue weighted by atomic mass is 10.1. The summed E-state index contributed by atoms with van der Waals surface area (Å²) in [4.78, 5) is 12.8. The monoisotopic (exact) mass is 238 g/mol. The normalized spacial score (nSPS) is 10.6. The van der Waals surface area contributed by atoms with Gasteiger partial charge in [0.25, 0.3) is 0 Å². The quantitative estimate of drug-likeness (QED) is 0.574. The molecule has 0 unspecified atom stereocenters. The summed E-state index contributed by atoms with van der Waals surface area (Å²) in [5.74, 6) is 0.401. The maximum Gasteiger partial charge on any atom is 0.138 e. The smallest absolute Gasteiger partial charge is 0.138 e. The van der Waals surface area contributed by atoms with Crippen molar-refractivity contribution in [2.45, 2.75) is 58.3 Å². The van der Waals surface area contributed by atoms with E-state index >= 15 is 0 Å². The number of hydrogen-bond acceptors (Lipinski definition) is 2. The highest BCUT2D eigenvalue weighted by atomic mass is 32.1. The van der Waals surface area contributed by atoms with Crippen molar-refractivity contribution in [3.63, 3.8) is 0 Å². The predicted molar refractivity (Wildman–Crippen MR) is 71.0 cm³/mol. The van der Waals surface area contributed by atoms with Gasteiger partial charge in [-0.1, -0.05) is 45.1 Å². The summed E-state index contributed by atoms with van der Waals surface area (Å²) in [6.45, 7) is 2.23. The molecule has 1 aromatic heterocycles. The topological polar surface area (TPSA) is 17.1 Å². The van der Waals surface area contributed by atoms with Crippen LogP contribution >= 0.6 is 11.3 Å². The Bertz CT molecular complexity index is 277. The lowest BCUT2D eigenvalue weighted by Crippen LogP contribution is -2.00. The molecule has 0 aliphatic heterocycles. The molecule has 0 aromatic carbocycles. The number of Topliss-reactive ketones (excluding diaryl/α,β-unsaturated/α-hetero) is 1. The van der Waals surface area contributed by atoms with Gasteiger partial charge in [0.2, 0.25) is 0 Å². The van der Waals surface area contributed by atoms with E-state index < -0.39 is 0 Å². The van der Waals surface area contributed by atoms with Crippen molar-refractivity contribution in [3.05, 3.63) is 22.4 Å². The number of carbonyl (C=O) groups is 1. The van der Waals surface area contributed by atoms with Gasteiger partial charge in [-0.05, 0) is 17.9 Å². The lowest BCUT2D eigenvalue weighted by Gasteiger charge is -2.00. The molecule has 1 aromatic rings. The molecule has 0 spiro atoms. The molecule has 1 heterocycles. The van der Waals surface area contributed by atoms with Gasteiger partial charge in [0.1, 0.15) is 5.78 Å². The minimum atomic E-state index is 0.401. The van der Waals surface area contributed by atoms with Gasteiger partial charge in [-0.25, -0.2) is 0 Å². The van der Waals surface area contributed by atoms with E-state index in [2.05, 4.69) is 6.92 Å². The Kier molecular flexibility index (Phi) is 7.15. The molecule has 0 N–H and O–H groups in total. The van der Waals surface area contributed by atoms with Gasteiger partial charge in [0, 0.05) is 17.7 Å². The molecule has 0 aliphatic rings. The van der Waals surface area contributed by atoms with Crippen molar-refractivity contribution >= 4 is 17.1 Å². The summed E-state index contributed by atoms with van der Waals surface area (Å²) < 4.78 is 0. The van der Waals surface area contributed by atoms with Crippen molar-refractivity contribution in [2.24, 2.45) is 0 Å². The molecule has 90 valence electrons. The highest BCUT2D eigenvalue weighted by molar-refractivity contribution is 7.10. The van der Waals surface area contributed by atoms with Crippen molar-refractivity contribution < 1.29 is 4.79 Å². The highest BCUT2D eigenvalue weighted by Crippen LogP contribution is 2.12. The second kappa shape index (κ2) is 8.51. The predicted octanol–water partition coefficient (Wildman–Crippen LogP) is 4.61. The summed E-state index contributed by atoms with van der Waals surface area (Å²) in [6, 6.07) is 4.06. The number of thiophene rings is 1. The Morgan fingerprint density at radius 1 is 1.19 bits per heavy atom. The van der Waals surface area contributed by atoms with E-state index in [1.165, 1.54) is 37.0 Å². The molecule has 0 fully saturated rings. The zero-order valence-electron chi connectivity index (χ0n) is 10.2. The van der Waals surface area contributed by atoms with E-state index in [-0.39, 0.29) is 0 Å². The Labute approximate surface area is 103 Å². The first-order chi connectivity index (χ1) is 7.83. The molecule has 1 rings (SSSR count). The molecule has 0 amide bonds. The molecule has 2 heteroatoms. The summed E-state index contributed by atoms with van der Waals surface area (Å²) in [5.41, 5.74) is 0. The molecule has 16 heavy (non-hydrogen) atoms. The molecule has 0 atom stereocenters. The van der Waals surface area contributed by atoms with E-state index in [1.54, 1.807) is 11.3 Å². The molecule has 0 saturated heterocycles. The van der Waals surface area contributed by atoms with Gasteiger partial charge in [0.05, 0.1) is 0 Å². The van der Waals surface area contributed by atoms with Crippen LogP contribution in [-0.2, 0) is 11.2 Å². The van der Waals surface area contributed by atoms with E-state index in [4.69, 9.17) is 0 Å². The fraction of sp³-hybridized carbons (Fsp3) is 0.643. The minimum Gasteiger partial charge on any atom is -0.299 e. The largest absolute Gasteiger partial charge is 0.299 e. The second-order valence-corrected chi connectivity index (χ2v) is 5.34. The number of hydrogen-bond donors (Lipinski definition) is 0. The van der Waals surface area contributed by atoms with Crippen molar-refractivity contribution in [1.82, 2.24) is 0 Å².